The van der Waals surface area contributed by atoms with Crippen LogP contribution in [-0.2, 0) is 23.2 Å². The molecule has 0 aliphatic heterocycles. The number of carbonyl (C=O) groups is 3. The minimum atomic E-state index is -1.83. The van der Waals surface area contributed by atoms with E-state index in [2.05, 4.69) is 149 Å². The molecule has 0 spiro atoms. The van der Waals surface area contributed by atoms with Crippen LogP contribution in [0.15, 0.2) is 61.0 Å². The van der Waals surface area contributed by atoms with Crippen molar-refractivity contribution in [1.82, 2.24) is 25.5 Å². The number of ether oxygens (including phenoxy) is 3. The maximum absolute atomic E-state index is 12.6. The first-order valence-corrected chi connectivity index (χ1v) is 29.6. The number of alkyl halides is 1. The van der Waals surface area contributed by atoms with Crippen molar-refractivity contribution < 1.29 is 37.4 Å². The largest absolute Gasteiger partial charge is 0.476 e. The van der Waals surface area contributed by atoms with Crippen molar-refractivity contribution >= 4 is 108 Å². The molecule has 14 nitrogen and oxygen atoms in total. The van der Waals surface area contributed by atoms with Crippen molar-refractivity contribution in [3.63, 3.8) is 0 Å². The molecule has 4 N–H and O–H groups in total. The highest BCUT2D eigenvalue weighted by molar-refractivity contribution is 14.1. The lowest BCUT2D eigenvalue weighted by Crippen LogP contribution is -2.42. The molecule has 0 aromatic carbocycles. The van der Waals surface area contributed by atoms with Crippen molar-refractivity contribution in [1.29, 1.82) is 0 Å². The summed E-state index contributed by atoms with van der Waals surface area (Å²) >= 11 is 7.58. The van der Waals surface area contributed by atoms with E-state index in [9.17, 15) is 14.4 Å². The van der Waals surface area contributed by atoms with Crippen LogP contribution in [0.5, 0.6) is 11.8 Å². The summed E-state index contributed by atoms with van der Waals surface area (Å²) in [5.74, 6) is 0.820. The molecule has 0 atom stereocenters. The van der Waals surface area contributed by atoms with Gasteiger partial charge >= 0.3 is 6.09 Å². The number of pyridine rings is 2. The second-order valence-corrected chi connectivity index (χ2v) is 30.6. The third-order valence-electron chi connectivity index (χ3n) is 9.33. The standard InChI is InChI=1S/C24H40IN3O5Si.C12H24BrNO2Si.C7H9IN2O.ClH/c1-23(2,3)33-22(30)28(15-17-31-21-12-11-19(25)18-27-21)14-9-10-20(29)26-13-16-32-34(7,8)24(4,5)6;1-12(2,3)17(4,5)16-10-9-14-11(15)7-6-8-13;8-6-1-2-7(10-5-6)11-4-3-9;/h9-12,18H,13-17H2,1-8H3,(H,26,29);6-7H,8-10H2,1-5H3,(H,14,15);1-2,5H,3-4,9H2;1H/b10-9+;7-6+;;. The molecule has 20 heteroatoms. The number of halogens is 4. The molecule has 2 heterocycles. The number of nitrogens with two attached hydrogens (primary N) is 1. The van der Waals surface area contributed by atoms with Crippen molar-refractivity contribution in [2.45, 2.75) is 104 Å². The first-order chi connectivity index (χ1) is 28.6. The zero-order chi connectivity index (χ0) is 47.6. The summed E-state index contributed by atoms with van der Waals surface area (Å²) in [4.78, 5) is 45.7. The molecule has 2 aromatic heterocycles. The number of aromatic nitrogens is 2. The van der Waals surface area contributed by atoms with Crippen LogP contribution in [0.3, 0.4) is 0 Å². The van der Waals surface area contributed by atoms with Gasteiger partial charge in [-0.1, -0.05) is 69.6 Å². The van der Waals surface area contributed by atoms with E-state index in [0.29, 0.717) is 56.5 Å². The van der Waals surface area contributed by atoms with Crippen molar-refractivity contribution in [2.24, 2.45) is 5.73 Å². The first-order valence-electron chi connectivity index (χ1n) is 20.5. The fourth-order valence-corrected chi connectivity index (χ4v) is 6.77. The van der Waals surface area contributed by atoms with Crippen LogP contribution in [0.2, 0.25) is 36.3 Å². The van der Waals surface area contributed by atoms with E-state index < -0.39 is 28.3 Å². The summed E-state index contributed by atoms with van der Waals surface area (Å²) in [6, 6.07) is 7.45. The Bertz CT molecular complexity index is 1660. The second kappa shape index (κ2) is 31.9. The molecule has 2 aromatic rings. The zero-order valence-corrected chi connectivity index (χ0v) is 48.3. The quantitative estimate of drug-likeness (QED) is 0.0379. The molecule has 2 rings (SSSR count). The number of nitrogens with zero attached hydrogens (tertiary/aromatic N) is 3. The number of amides is 3. The van der Waals surface area contributed by atoms with Crippen LogP contribution >= 0.6 is 73.5 Å². The van der Waals surface area contributed by atoms with Gasteiger partial charge in [0.15, 0.2) is 16.6 Å². The van der Waals surface area contributed by atoms with Crippen molar-refractivity contribution in [3.8, 4) is 11.8 Å². The van der Waals surface area contributed by atoms with E-state index >= 15 is 0 Å². The van der Waals surface area contributed by atoms with Gasteiger partial charge in [0.1, 0.15) is 18.8 Å². The number of carbonyl (C=O) groups excluding carboxylic acids is 3. The molecule has 3 amide bonds. The molecule has 0 fully saturated rings. The summed E-state index contributed by atoms with van der Waals surface area (Å²) in [5.41, 5.74) is 4.63. The summed E-state index contributed by atoms with van der Waals surface area (Å²) in [5, 5.41) is 6.65. The minimum absolute atomic E-state index is 0. The maximum atomic E-state index is 12.6. The van der Waals surface area contributed by atoms with Gasteiger partial charge in [-0.05, 0) is 120 Å². The predicted octanol–water partition coefficient (Wildman–Crippen LogP) is 9.52. The van der Waals surface area contributed by atoms with Gasteiger partial charge in [0, 0.05) is 69.3 Å². The maximum Gasteiger partial charge on any atom is 0.410 e. The van der Waals surface area contributed by atoms with E-state index in [1.54, 1.807) is 30.6 Å². The van der Waals surface area contributed by atoms with Crippen LogP contribution in [-0.4, -0.2) is 119 Å². The molecule has 0 radical (unpaired) electrons. The molecule has 0 saturated carbocycles. The molecule has 0 aliphatic carbocycles. The zero-order valence-electron chi connectivity index (χ0n) is 39.6. The van der Waals surface area contributed by atoms with Gasteiger partial charge in [0.05, 0.1) is 19.8 Å². The van der Waals surface area contributed by atoms with Gasteiger partial charge in [-0.15, -0.1) is 12.4 Å². The number of nitrogens with one attached hydrogen (secondary N) is 2. The first kappa shape index (κ1) is 63.2. The minimum Gasteiger partial charge on any atom is -0.476 e. The Morgan fingerprint density at radius 2 is 1.16 bits per heavy atom. The molecule has 0 unspecified atom stereocenters. The van der Waals surface area contributed by atoms with Gasteiger partial charge in [-0.25, -0.2) is 14.8 Å². The lowest BCUT2D eigenvalue weighted by atomic mass is 10.2. The normalized spacial score (nSPS) is 12.0. The molecule has 0 bridgehead atoms. The fourth-order valence-electron chi connectivity index (χ4n) is 3.85. The number of allylic oxidation sites excluding steroid dienone is 1. The summed E-state index contributed by atoms with van der Waals surface area (Å²) in [6.07, 6.45) is 9.35. The van der Waals surface area contributed by atoms with Crippen molar-refractivity contribution in [3.05, 3.63) is 68.1 Å². The monoisotopic (exact) mass is 1230 g/mol. The summed E-state index contributed by atoms with van der Waals surface area (Å²) in [6.45, 7) is 31.2. The van der Waals surface area contributed by atoms with Crippen LogP contribution in [0.25, 0.3) is 0 Å². The van der Waals surface area contributed by atoms with Crippen molar-refractivity contribution in [2.75, 3.05) is 64.5 Å². The molecular formula is C43H74BrClI2N6O8Si2. The Kier molecular flexibility index (Phi) is 32.1. The van der Waals surface area contributed by atoms with Crippen LogP contribution in [0.1, 0.15) is 62.3 Å². The number of rotatable bonds is 20. The van der Waals surface area contributed by atoms with Crippen LogP contribution in [0.4, 0.5) is 4.79 Å². The van der Waals surface area contributed by atoms with E-state index in [-0.39, 0.29) is 54.0 Å². The van der Waals surface area contributed by atoms with E-state index in [1.807, 2.05) is 39.0 Å². The predicted molar refractivity (Wildman–Crippen MR) is 283 cm³/mol. The van der Waals surface area contributed by atoms with Crippen LogP contribution in [0, 0.1) is 7.14 Å². The summed E-state index contributed by atoms with van der Waals surface area (Å²) in [7, 11) is -3.51. The van der Waals surface area contributed by atoms with E-state index in [0.717, 1.165) is 7.14 Å². The van der Waals surface area contributed by atoms with Gasteiger partial charge in [-0.3, -0.25) is 9.59 Å². The lowest BCUT2D eigenvalue weighted by molar-refractivity contribution is -0.117. The van der Waals surface area contributed by atoms with E-state index in [4.69, 9.17) is 28.8 Å². The molecule has 360 valence electrons. The molecule has 0 aliphatic rings. The Morgan fingerprint density at radius 3 is 1.52 bits per heavy atom. The molecular weight excluding hydrogens is 1150 g/mol. The third kappa shape index (κ3) is 30.9. The highest BCUT2D eigenvalue weighted by Gasteiger charge is 2.37. The third-order valence-corrected chi connectivity index (χ3v) is 20.1. The summed E-state index contributed by atoms with van der Waals surface area (Å²) < 4.78 is 30.4. The number of hydrogen-bond donors (Lipinski definition) is 3. The molecule has 63 heavy (non-hydrogen) atoms. The fraction of sp³-hybridized carbons (Fsp3) is 0.605. The average molecular weight is 1230 g/mol. The highest BCUT2D eigenvalue weighted by Crippen LogP contribution is 2.37. The Hall–Kier alpha value is -1.87. The van der Waals surface area contributed by atoms with E-state index in [1.165, 1.54) is 17.1 Å². The highest BCUT2D eigenvalue weighted by atomic mass is 127. The Balaban J connectivity index is 0. The lowest BCUT2D eigenvalue weighted by Gasteiger charge is -2.36. The smallest absolute Gasteiger partial charge is 0.410 e. The van der Waals surface area contributed by atoms with Gasteiger partial charge < -0.3 is 44.3 Å². The number of hydrogen-bond acceptors (Lipinski definition) is 11. The van der Waals surface area contributed by atoms with Crippen LogP contribution < -0.4 is 25.8 Å². The Labute approximate surface area is 421 Å². The van der Waals surface area contributed by atoms with Gasteiger partial charge in [0.25, 0.3) is 0 Å². The Morgan fingerprint density at radius 1 is 0.730 bits per heavy atom. The second-order valence-electron chi connectivity index (χ2n) is 17.8. The average Bonchev–Trinajstić information content (AvgIpc) is 3.16. The van der Waals surface area contributed by atoms with Gasteiger partial charge in [0.2, 0.25) is 23.6 Å². The molecule has 0 saturated heterocycles. The van der Waals surface area contributed by atoms with Gasteiger partial charge in [-0.2, -0.15) is 0 Å². The topological polar surface area (TPSA) is 176 Å². The SMILES string of the molecule is CC(C)(C)OC(=O)N(C/C=C/C(=O)NCCO[Si](C)(C)C(C)(C)C)CCOc1ccc(I)cn1.CC(C)(C)[Si](C)(C)OCCNC(=O)/C=C/CBr.Cl.NCCOc1ccc(I)cn1.